The minimum absolute atomic E-state index is 0.0639. The summed E-state index contributed by atoms with van der Waals surface area (Å²) in [6.07, 6.45) is 3.56. The van der Waals surface area contributed by atoms with Gasteiger partial charge in [-0.25, -0.2) is 19.3 Å². The zero-order valence-electron chi connectivity index (χ0n) is 18.7. The first-order valence-electron chi connectivity index (χ1n) is 10.6. The molecule has 2 N–H and O–H groups in total. The summed E-state index contributed by atoms with van der Waals surface area (Å²) < 4.78 is 22.4. The van der Waals surface area contributed by atoms with E-state index in [4.69, 9.17) is 10.5 Å². The lowest BCUT2D eigenvalue weighted by atomic mass is 9.73. The first-order valence-corrected chi connectivity index (χ1v) is 10.6. The van der Waals surface area contributed by atoms with Gasteiger partial charge in [0.2, 0.25) is 0 Å². The molecule has 2 aromatic heterocycles. The zero-order chi connectivity index (χ0) is 22.8. The Kier molecular flexibility index (Phi) is 6.69. The molecule has 0 spiro atoms. The van der Waals surface area contributed by atoms with Crippen LogP contribution in [0.25, 0.3) is 22.4 Å². The summed E-state index contributed by atoms with van der Waals surface area (Å²) in [7, 11) is 0. The second-order valence-corrected chi connectivity index (χ2v) is 8.44. The fourth-order valence-electron chi connectivity index (χ4n) is 4.03. The van der Waals surface area contributed by atoms with Crippen molar-refractivity contribution in [3.8, 4) is 11.3 Å². The van der Waals surface area contributed by atoms with E-state index >= 15 is 4.39 Å². The lowest BCUT2D eigenvalue weighted by molar-refractivity contribution is -0.150. The molecule has 2 heterocycles. The van der Waals surface area contributed by atoms with Crippen LogP contribution in [0.5, 0.6) is 0 Å². The molecule has 0 aliphatic heterocycles. The van der Waals surface area contributed by atoms with Gasteiger partial charge in [0.1, 0.15) is 28.8 Å². The number of esters is 1. The van der Waals surface area contributed by atoms with Crippen LogP contribution >= 0.6 is 0 Å². The van der Waals surface area contributed by atoms with E-state index in [0.29, 0.717) is 28.8 Å². The van der Waals surface area contributed by atoms with E-state index in [0.717, 1.165) is 0 Å². The highest BCUT2D eigenvalue weighted by atomic mass is 19.1. The van der Waals surface area contributed by atoms with E-state index in [1.165, 1.54) is 12.4 Å². The predicted octanol–water partition coefficient (Wildman–Crippen LogP) is 4.02. The SMILES string of the molecule is CCOC(=O)C(CN)(CC(C)C)c1cc(-c2ncnc3c2ncn3C(C)C)ccc1F. The van der Waals surface area contributed by atoms with Crippen molar-refractivity contribution in [1.29, 1.82) is 0 Å². The third-order valence-electron chi connectivity index (χ3n) is 5.44. The van der Waals surface area contributed by atoms with Crippen LogP contribution in [-0.2, 0) is 14.9 Å². The van der Waals surface area contributed by atoms with Crippen molar-refractivity contribution < 1.29 is 13.9 Å². The van der Waals surface area contributed by atoms with Crippen LogP contribution in [0.1, 0.15) is 52.6 Å². The molecule has 3 rings (SSSR count). The van der Waals surface area contributed by atoms with Gasteiger partial charge in [0.05, 0.1) is 12.9 Å². The Morgan fingerprint density at radius 1 is 1.23 bits per heavy atom. The number of nitrogens with zero attached hydrogens (tertiary/aromatic N) is 4. The highest BCUT2D eigenvalue weighted by Crippen LogP contribution is 2.37. The molecule has 7 nitrogen and oxygen atoms in total. The molecule has 0 saturated heterocycles. The average molecular weight is 428 g/mol. The molecule has 0 saturated carbocycles. The molecule has 31 heavy (non-hydrogen) atoms. The molecule has 0 aliphatic carbocycles. The van der Waals surface area contributed by atoms with E-state index in [1.807, 2.05) is 32.3 Å². The van der Waals surface area contributed by atoms with Gasteiger partial charge in [-0.15, -0.1) is 0 Å². The van der Waals surface area contributed by atoms with Gasteiger partial charge in [-0.2, -0.15) is 0 Å². The number of imidazole rings is 1. The van der Waals surface area contributed by atoms with E-state index < -0.39 is 17.2 Å². The Bertz CT molecular complexity index is 1080. The summed E-state index contributed by atoms with van der Waals surface area (Å²) in [5, 5.41) is 0. The van der Waals surface area contributed by atoms with E-state index in [1.54, 1.807) is 25.4 Å². The lowest BCUT2D eigenvalue weighted by Gasteiger charge is -2.32. The number of carbonyl (C=O) groups excluding carboxylic acids is 1. The molecule has 0 bridgehead atoms. The Morgan fingerprint density at radius 2 is 1.97 bits per heavy atom. The number of hydrogen-bond acceptors (Lipinski definition) is 6. The number of halogens is 1. The fourth-order valence-corrected chi connectivity index (χ4v) is 4.03. The Balaban J connectivity index is 2.21. The maximum atomic E-state index is 15.1. The van der Waals surface area contributed by atoms with E-state index in [-0.39, 0.29) is 30.7 Å². The standard InChI is InChI=1S/C23H30FN5O2/c1-6-31-22(30)23(11-25,10-14(2)3)17-9-16(7-8-18(17)24)19-20-21(27-12-26-19)29(13-28-20)15(4)5/h7-9,12-15H,6,10-11,25H2,1-5H3. The van der Waals surface area contributed by atoms with Crippen molar-refractivity contribution in [3.05, 3.63) is 42.2 Å². The number of hydrogen-bond donors (Lipinski definition) is 1. The number of ether oxygens (including phenoxy) is 1. The summed E-state index contributed by atoms with van der Waals surface area (Å²) >= 11 is 0. The third-order valence-corrected chi connectivity index (χ3v) is 5.44. The maximum absolute atomic E-state index is 15.1. The van der Waals surface area contributed by atoms with Crippen LogP contribution in [0.15, 0.2) is 30.9 Å². The number of carbonyl (C=O) groups is 1. The van der Waals surface area contributed by atoms with Gasteiger partial charge in [-0.1, -0.05) is 13.8 Å². The number of benzene rings is 1. The first kappa shape index (κ1) is 22.8. The minimum atomic E-state index is -1.28. The maximum Gasteiger partial charge on any atom is 0.317 e. The van der Waals surface area contributed by atoms with Gasteiger partial charge in [0.15, 0.2) is 5.65 Å². The zero-order valence-corrected chi connectivity index (χ0v) is 18.7. The molecule has 0 fully saturated rings. The molecule has 0 amide bonds. The summed E-state index contributed by atoms with van der Waals surface area (Å²) in [6.45, 7) is 9.88. The highest BCUT2D eigenvalue weighted by Gasteiger charge is 2.43. The molecule has 1 aromatic carbocycles. The van der Waals surface area contributed by atoms with Gasteiger partial charge in [-0.05, 0) is 51.3 Å². The van der Waals surface area contributed by atoms with Crippen molar-refractivity contribution in [3.63, 3.8) is 0 Å². The highest BCUT2D eigenvalue weighted by molar-refractivity contribution is 5.89. The molecule has 8 heteroatoms. The average Bonchev–Trinajstić information content (AvgIpc) is 3.17. The van der Waals surface area contributed by atoms with Crippen LogP contribution in [0.2, 0.25) is 0 Å². The van der Waals surface area contributed by atoms with Gasteiger partial charge in [0.25, 0.3) is 0 Å². The number of fused-ring (bicyclic) bond motifs is 1. The van der Waals surface area contributed by atoms with Crippen LogP contribution in [0.4, 0.5) is 4.39 Å². The quantitative estimate of drug-likeness (QED) is 0.546. The second-order valence-electron chi connectivity index (χ2n) is 8.44. The summed E-state index contributed by atoms with van der Waals surface area (Å²) in [6, 6.07) is 4.81. The predicted molar refractivity (Wildman–Crippen MR) is 118 cm³/mol. The van der Waals surface area contributed by atoms with Crippen molar-refractivity contribution in [2.75, 3.05) is 13.2 Å². The van der Waals surface area contributed by atoms with Gasteiger partial charge in [0, 0.05) is 23.7 Å². The van der Waals surface area contributed by atoms with Gasteiger partial charge >= 0.3 is 5.97 Å². The second kappa shape index (κ2) is 9.09. The summed E-state index contributed by atoms with van der Waals surface area (Å²) in [5.41, 5.74) is 7.56. The molecule has 166 valence electrons. The largest absolute Gasteiger partial charge is 0.465 e. The number of rotatable bonds is 8. The summed E-state index contributed by atoms with van der Waals surface area (Å²) in [5.74, 6) is -0.913. The molecule has 0 aliphatic rings. The smallest absolute Gasteiger partial charge is 0.317 e. The number of aromatic nitrogens is 4. The van der Waals surface area contributed by atoms with Crippen LogP contribution in [0, 0.1) is 11.7 Å². The lowest BCUT2D eigenvalue weighted by Crippen LogP contribution is -2.46. The van der Waals surface area contributed by atoms with Crippen LogP contribution in [0.3, 0.4) is 0 Å². The van der Waals surface area contributed by atoms with Crippen molar-refractivity contribution >= 4 is 17.1 Å². The van der Waals surface area contributed by atoms with E-state index in [2.05, 4.69) is 15.0 Å². The molecular formula is C23H30FN5O2. The van der Waals surface area contributed by atoms with Crippen molar-refractivity contribution in [1.82, 2.24) is 19.5 Å². The minimum Gasteiger partial charge on any atom is -0.465 e. The fraction of sp³-hybridized carbons (Fsp3) is 0.478. The van der Waals surface area contributed by atoms with Crippen LogP contribution < -0.4 is 5.73 Å². The van der Waals surface area contributed by atoms with Gasteiger partial charge in [-0.3, -0.25) is 4.79 Å². The van der Waals surface area contributed by atoms with Crippen molar-refractivity contribution in [2.45, 2.75) is 52.5 Å². The normalized spacial score (nSPS) is 13.7. The Labute approximate surface area is 181 Å². The Hall–Kier alpha value is -2.87. The van der Waals surface area contributed by atoms with Gasteiger partial charge < -0.3 is 15.0 Å². The Morgan fingerprint density at radius 3 is 2.58 bits per heavy atom. The summed E-state index contributed by atoms with van der Waals surface area (Å²) in [4.78, 5) is 26.3. The number of nitrogens with two attached hydrogens (primary N) is 1. The molecule has 0 radical (unpaired) electrons. The molecule has 1 unspecified atom stereocenters. The first-order chi connectivity index (χ1) is 14.7. The molecular weight excluding hydrogens is 397 g/mol. The third kappa shape index (κ3) is 4.17. The molecule has 1 atom stereocenters. The monoisotopic (exact) mass is 427 g/mol. The van der Waals surface area contributed by atoms with Crippen molar-refractivity contribution in [2.24, 2.45) is 11.7 Å². The topological polar surface area (TPSA) is 95.9 Å². The van der Waals surface area contributed by atoms with Crippen LogP contribution in [-0.4, -0.2) is 38.6 Å². The van der Waals surface area contributed by atoms with E-state index in [9.17, 15) is 4.79 Å². The molecule has 3 aromatic rings.